The van der Waals surface area contributed by atoms with Crippen molar-refractivity contribution in [3.8, 4) is 5.75 Å². The zero-order valence-corrected chi connectivity index (χ0v) is 26.7. The number of carbonyl (C=O) groups excluding carboxylic acids is 3. The summed E-state index contributed by atoms with van der Waals surface area (Å²) in [6, 6.07) is 22.4. The van der Waals surface area contributed by atoms with Gasteiger partial charge in [-0.3, -0.25) is 24.3 Å². The number of amides is 3. The number of rotatable bonds is 10. The van der Waals surface area contributed by atoms with E-state index in [9.17, 15) is 19.5 Å². The molecular weight excluding hydrogens is 596 g/mol. The number of carbonyl (C=O) groups is 3. The summed E-state index contributed by atoms with van der Waals surface area (Å²) >= 11 is 0. The van der Waals surface area contributed by atoms with Crippen molar-refractivity contribution >= 4 is 34.8 Å². The number of pyridine rings is 1. The molecule has 0 radical (unpaired) electrons. The molecule has 0 unspecified atom stereocenters. The Balaban J connectivity index is 1.34. The second-order valence-corrected chi connectivity index (χ2v) is 11.9. The molecule has 1 aliphatic heterocycles. The number of nitrogens with two attached hydrogens (primary N) is 1. The predicted octanol–water partition coefficient (Wildman–Crippen LogP) is 4.52. The molecule has 0 bridgehead atoms. The third kappa shape index (κ3) is 7.94. The van der Waals surface area contributed by atoms with Gasteiger partial charge in [-0.25, -0.2) is 0 Å². The largest absolute Gasteiger partial charge is 0.486 e. The van der Waals surface area contributed by atoms with Crippen LogP contribution in [-0.2, 0) is 6.54 Å². The van der Waals surface area contributed by atoms with E-state index in [2.05, 4.69) is 20.5 Å². The van der Waals surface area contributed by atoms with Crippen LogP contribution in [0.5, 0.6) is 5.75 Å². The molecule has 4 aromatic rings. The number of aliphatic hydroxyl groups excluding tert-OH is 1. The Morgan fingerprint density at radius 2 is 1.62 bits per heavy atom. The number of ether oxygens (including phenoxy) is 1. The summed E-state index contributed by atoms with van der Waals surface area (Å²) in [6.07, 6.45) is 2.70. The maximum Gasteiger partial charge on any atom is 0.258 e. The molecule has 11 heteroatoms. The molecule has 3 aromatic carbocycles. The molecule has 1 aliphatic rings. The fourth-order valence-corrected chi connectivity index (χ4v) is 5.51. The maximum atomic E-state index is 13.8. The summed E-state index contributed by atoms with van der Waals surface area (Å²) in [5.74, 6) is -0.718. The van der Waals surface area contributed by atoms with E-state index in [1.807, 2.05) is 45.2 Å². The first-order chi connectivity index (χ1) is 22.6. The number of hydrogen-bond donors (Lipinski definition) is 4. The molecule has 47 heavy (non-hydrogen) atoms. The van der Waals surface area contributed by atoms with Gasteiger partial charge in [-0.05, 0) is 68.1 Å². The number of aromatic nitrogens is 1. The normalized spacial score (nSPS) is 16.8. The van der Waals surface area contributed by atoms with Gasteiger partial charge in [0, 0.05) is 49.1 Å². The number of anilines is 3. The highest BCUT2D eigenvalue weighted by molar-refractivity contribution is 6.07. The first-order valence-electron chi connectivity index (χ1n) is 15.5. The van der Waals surface area contributed by atoms with Gasteiger partial charge in [0.2, 0.25) is 0 Å². The second kappa shape index (κ2) is 14.9. The highest BCUT2D eigenvalue weighted by Crippen LogP contribution is 2.35. The molecule has 0 saturated heterocycles. The summed E-state index contributed by atoms with van der Waals surface area (Å²) in [5, 5.41) is 15.7. The second-order valence-electron chi connectivity index (χ2n) is 11.9. The van der Waals surface area contributed by atoms with Gasteiger partial charge in [-0.1, -0.05) is 37.3 Å². The first kappa shape index (κ1) is 33.1. The summed E-state index contributed by atoms with van der Waals surface area (Å²) in [7, 11) is 1.98. The number of hydrogen-bond acceptors (Lipinski definition) is 8. The fraction of sp³-hybridized carbons (Fsp3) is 0.278. The van der Waals surface area contributed by atoms with Crippen molar-refractivity contribution in [2.45, 2.75) is 32.5 Å². The van der Waals surface area contributed by atoms with Crippen LogP contribution in [0.4, 0.5) is 17.1 Å². The van der Waals surface area contributed by atoms with Crippen molar-refractivity contribution in [3.05, 3.63) is 114 Å². The van der Waals surface area contributed by atoms with Gasteiger partial charge in [-0.15, -0.1) is 0 Å². The van der Waals surface area contributed by atoms with Gasteiger partial charge < -0.3 is 31.1 Å². The quantitative estimate of drug-likeness (QED) is 0.186. The Morgan fingerprint density at radius 3 is 2.30 bits per heavy atom. The minimum Gasteiger partial charge on any atom is -0.486 e. The average Bonchev–Trinajstić information content (AvgIpc) is 3.08. The molecule has 11 nitrogen and oxygen atoms in total. The Morgan fingerprint density at radius 1 is 0.979 bits per heavy atom. The average molecular weight is 637 g/mol. The molecule has 0 spiro atoms. The topological polar surface area (TPSA) is 150 Å². The van der Waals surface area contributed by atoms with Gasteiger partial charge in [0.1, 0.15) is 6.10 Å². The van der Waals surface area contributed by atoms with Crippen molar-refractivity contribution in [2.75, 3.05) is 43.1 Å². The molecule has 2 heterocycles. The Kier molecular flexibility index (Phi) is 10.5. The number of nitrogens with one attached hydrogen (secondary N) is 2. The lowest BCUT2D eigenvalue weighted by atomic mass is 9.98. The van der Waals surface area contributed by atoms with Crippen molar-refractivity contribution in [2.24, 2.45) is 5.92 Å². The van der Waals surface area contributed by atoms with Gasteiger partial charge in [0.15, 0.2) is 5.75 Å². The van der Waals surface area contributed by atoms with Gasteiger partial charge in [0.05, 0.1) is 35.3 Å². The Hall–Kier alpha value is -5.26. The van der Waals surface area contributed by atoms with Crippen LogP contribution in [0, 0.1) is 5.92 Å². The summed E-state index contributed by atoms with van der Waals surface area (Å²) in [5.41, 5.74) is 9.63. The number of para-hydroxylation sites is 3. The van der Waals surface area contributed by atoms with Crippen LogP contribution in [0.25, 0.3) is 0 Å². The third-order valence-electron chi connectivity index (χ3n) is 8.25. The number of likely N-dealkylation sites (N-methyl/N-ethyl adjacent to an activating group) is 1. The van der Waals surface area contributed by atoms with Gasteiger partial charge in [0.25, 0.3) is 17.7 Å². The predicted molar refractivity (Wildman–Crippen MR) is 181 cm³/mol. The Bertz CT molecular complexity index is 1710. The van der Waals surface area contributed by atoms with Crippen LogP contribution >= 0.6 is 0 Å². The van der Waals surface area contributed by atoms with Crippen molar-refractivity contribution in [3.63, 3.8) is 0 Å². The zero-order valence-electron chi connectivity index (χ0n) is 26.7. The minimum absolute atomic E-state index is 0.121. The monoisotopic (exact) mass is 636 g/mol. The maximum absolute atomic E-state index is 13.8. The molecule has 5 rings (SSSR count). The van der Waals surface area contributed by atoms with Crippen LogP contribution in [-0.4, -0.2) is 76.5 Å². The lowest BCUT2D eigenvalue weighted by Gasteiger charge is -2.38. The van der Waals surface area contributed by atoms with Crippen LogP contribution < -0.4 is 21.1 Å². The molecule has 5 N–H and O–H groups in total. The minimum atomic E-state index is -0.418. The molecule has 244 valence electrons. The number of benzene rings is 3. The van der Waals surface area contributed by atoms with E-state index in [0.717, 1.165) is 5.56 Å². The number of fused-ring (bicyclic) bond motifs is 1. The summed E-state index contributed by atoms with van der Waals surface area (Å²) in [6.45, 7) is 5.08. The zero-order chi connectivity index (χ0) is 33.5. The standard InChI is InChI=1S/C36H40N6O5/c1-23-19-42(24(2)22-43)36(46)28-7-6-10-31(40-35(45)27-15-17-38-18-16-27)33(28)47-32(23)21-41(3)20-25-11-13-26(14-12-25)34(44)39-30-9-5-4-8-29(30)37/h4-18,23-24,32,43H,19-22,37H2,1-3H3,(H,39,44)(H,40,45)/t23-,24+,32-/m1/s1. The molecule has 0 saturated carbocycles. The summed E-state index contributed by atoms with van der Waals surface area (Å²) < 4.78 is 6.63. The van der Waals surface area contributed by atoms with Crippen molar-refractivity contribution in [1.82, 2.24) is 14.8 Å². The highest BCUT2D eigenvalue weighted by Gasteiger charge is 2.34. The molecule has 3 atom stereocenters. The smallest absolute Gasteiger partial charge is 0.258 e. The van der Waals surface area contributed by atoms with Gasteiger partial charge >= 0.3 is 0 Å². The Labute approximate surface area is 274 Å². The number of nitrogen functional groups attached to an aromatic ring is 1. The lowest BCUT2D eigenvalue weighted by Crippen LogP contribution is -2.49. The molecular formula is C36H40N6O5. The van der Waals surface area contributed by atoms with E-state index >= 15 is 0 Å². The summed E-state index contributed by atoms with van der Waals surface area (Å²) in [4.78, 5) is 47.4. The third-order valence-corrected chi connectivity index (χ3v) is 8.25. The molecule has 0 aliphatic carbocycles. The molecule has 0 fully saturated rings. The molecule has 1 aromatic heterocycles. The highest BCUT2D eigenvalue weighted by atomic mass is 16.5. The van der Waals surface area contributed by atoms with Crippen LogP contribution in [0.15, 0.2) is 91.3 Å². The SMILES string of the molecule is C[C@@H]1CN([C@@H](C)CO)C(=O)c2cccc(NC(=O)c3ccncc3)c2O[C@@H]1CN(C)Cc1ccc(C(=O)Nc2ccccc2N)cc1. The van der Waals surface area contributed by atoms with E-state index in [-0.39, 0.29) is 42.1 Å². The van der Waals surface area contributed by atoms with E-state index in [1.165, 1.54) is 12.4 Å². The van der Waals surface area contributed by atoms with Crippen molar-refractivity contribution < 1.29 is 24.2 Å². The van der Waals surface area contributed by atoms with Crippen LogP contribution in [0.1, 0.15) is 50.5 Å². The van der Waals surface area contributed by atoms with Crippen LogP contribution in [0.2, 0.25) is 0 Å². The molecule has 3 amide bonds. The van der Waals surface area contributed by atoms with Crippen molar-refractivity contribution in [1.29, 1.82) is 0 Å². The number of nitrogens with zero attached hydrogens (tertiary/aromatic N) is 3. The first-order valence-corrected chi connectivity index (χ1v) is 15.5. The van der Waals surface area contributed by atoms with E-state index in [4.69, 9.17) is 10.5 Å². The lowest BCUT2D eigenvalue weighted by molar-refractivity contribution is 0.0343. The number of aliphatic hydroxyl groups is 1. The van der Waals surface area contributed by atoms with Gasteiger partial charge in [-0.2, -0.15) is 0 Å². The van der Waals surface area contributed by atoms with Crippen LogP contribution in [0.3, 0.4) is 0 Å². The van der Waals surface area contributed by atoms with E-state index in [0.29, 0.717) is 53.4 Å². The van der Waals surface area contributed by atoms with E-state index < -0.39 is 6.04 Å². The van der Waals surface area contributed by atoms with E-state index in [1.54, 1.807) is 59.5 Å². The fourth-order valence-electron chi connectivity index (χ4n) is 5.51.